The van der Waals surface area contributed by atoms with Crippen molar-refractivity contribution in [2.75, 3.05) is 18.4 Å². The third-order valence-electron chi connectivity index (χ3n) is 2.83. The third kappa shape index (κ3) is 3.17. The number of urea groups is 1. The number of carbonyl (C=O) groups is 1. The lowest BCUT2D eigenvalue weighted by Gasteiger charge is -2.29. The maximum atomic E-state index is 12.9. The van der Waals surface area contributed by atoms with E-state index >= 15 is 0 Å². The van der Waals surface area contributed by atoms with Crippen molar-refractivity contribution < 1.29 is 14.3 Å². The minimum absolute atomic E-state index is 0.248. The van der Waals surface area contributed by atoms with Gasteiger partial charge >= 0.3 is 6.03 Å². The largest absolute Gasteiger partial charge is 0.393 e. The maximum Gasteiger partial charge on any atom is 0.321 e. The number of nitrogens with one attached hydrogen (secondary N) is 1. The predicted octanol–water partition coefficient (Wildman–Crippen LogP) is 1.81. The fraction of sp³-hybridized carbons (Fsp3) is 0.417. The van der Waals surface area contributed by atoms with Crippen molar-refractivity contribution in [3.63, 3.8) is 0 Å². The summed E-state index contributed by atoms with van der Waals surface area (Å²) in [6.45, 7) is 1.06. The van der Waals surface area contributed by atoms with Gasteiger partial charge in [-0.25, -0.2) is 9.18 Å². The molecule has 0 unspecified atom stereocenters. The molecule has 0 bridgehead atoms. The van der Waals surface area contributed by atoms with Gasteiger partial charge in [0.1, 0.15) is 5.82 Å². The van der Waals surface area contributed by atoms with Gasteiger partial charge in [0.2, 0.25) is 0 Å². The number of likely N-dealkylation sites (tertiary alicyclic amines) is 1. The number of benzene rings is 1. The number of hydrogen-bond acceptors (Lipinski definition) is 2. The molecule has 2 amide bonds. The van der Waals surface area contributed by atoms with Crippen LogP contribution in [0.4, 0.5) is 14.9 Å². The normalized spacial score (nSPS) is 16.9. The molecule has 0 aromatic heterocycles. The lowest BCUT2D eigenvalue weighted by molar-refractivity contribution is 0.0972. The molecule has 1 aromatic rings. The number of aliphatic hydroxyl groups excluding tert-OH is 1. The van der Waals surface area contributed by atoms with Crippen LogP contribution in [0.3, 0.4) is 0 Å². The summed E-state index contributed by atoms with van der Waals surface area (Å²) < 4.78 is 12.9. The maximum absolute atomic E-state index is 12.9. The Morgan fingerprint density at radius 3 is 2.76 bits per heavy atom. The standard InChI is InChI=1S/C12H15FN2O2/c13-9-2-1-3-10(8-9)14-12(17)15-6-4-11(16)5-7-15/h1-3,8,11,16H,4-7H2,(H,14,17). The van der Waals surface area contributed by atoms with E-state index in [4.69, 9.17) is 0 Å². The molecule has 5 heteroatoms. The Morgan fingerprint density at radius 1 is 1.41 bits per heavy atom. The first-order chi connectivity index (χ1) is 8.15. The van der Waals surface area contributed by atoms with Gasteiger partial charge in [0.15, 0.2) is 0 Å². The molecular weight excluding hydrogens is 223 g/mol. The summed E-state index contributed by atoms with van der Waals surface area (Å²) in [5.41, 5.74) is 0.445. The van der Waals surface area contributed by atoms with E-state index in [1.54, 1.807) is 17.0 Å². The molecule has 1 fully saturated rings. The smallest absolute Gasteiger partial charge is 0.321 e. The number of hydrogen-bond donors (Lipinski definition) is 2. The predicted molar refractivity (Wildman–Crippen MR) is 62.2 cm³/mol. The Balaban J connectivity index is 1.93. The van der Waals surface area contributed by atoms with Crippen LogP contribution in [-0.2, 0) is 0 Å². The average molecular weight is 238 g/mol. The fourth-order valence-corrected chi connectivity index (χ4v) is 1.84. The summed E-state index contributed by atoms with van der Waals surface area (Å²) in [4.78, 5) is 13.4. The first kappa shape index (κ1) is 11.9. The quantitative estimate of drug-likeness (QED) is 0.784. The van der Waals surface area contributed by atoms with Crippen LogP contribution in [0.25, 0.3) is 0 Å². The second kappa shape index (κ2) is 5.14. The molecule has 0 atom stereocenters. The zero-order valence-electron chi connectivity index (χ0n) is 9.40. The highest BCUT2D eigenvalue weighted by atomic mass is 19.1. The Bertz CT molecular complexity index is 403. The van der Waals surface area contributed by atoms with Crippen LogP contribution in [0, 0.1) is 5.82 Å². The number of nitrogens with zero attached hydrogens (tertiary/aromatic N) is 1. The minimum atomic E-state index is -0.378. The van der Waals surface area contributed by atoms with E-state index in [0.29, 0.717) is 31.6 Å². The van der Waals surface area contributed by atoms with E-state index in [-0.39, 0.29) is 18.0 Å². The Hall–Kier alpha value is -1.62. The molecule has 0 saturated carbocycles. The number of rotatable bonds is 1. The molecule has 2 N–H and O–H groups in total. The van der Waals surface area contributed by atoms with Crippen molar-refractivity contribution in [2.24, 2.45) is 0 Å². The highest BCUT2D eigenvalue weighted by molar-refractivity contribution is 5.89. The van der Waals surface area contributed by atoms with Gasteiger partial charge in [0, 0.05) is 18.8 Å². The minimum Gasteiger partial charge on any atom is -0.393 e. The SMILES string of the molecule is O=C(Nc1cccc(F)c1)N1CCC(O)CC1. The Kier molecular flexibility index (Phi) is 3.58. The molecule has 0 radical (unpaired) electrons. The van der Waals surface area contributed by atoms with Crippen LogP contribution < -0.4 is 5.32 Å². The number of piperidine rings is 1. The summed E-state index contributed by atoms with van der Waals surface area (Å²) >= 11 is 0. The van der Waals surface area contributed by atoms with E-state index in [9.17, 15) is 14.3 Å². The van der Waals surface area contributed by atoms with Gasteiger partial charge in [-0.1, -0.05) is 6.07 Å². The van der Waals surface area contributed by atoms with Crippen LogP contribution in [0.1, 0.15) is 12.8 Å². The number of amides is 2. The molecule has 17 heavy (non-hydrogen) atoms. The summed E-state index contributed by atoms with van der Waals surface area (Å²) in [5.74, 6) is -0.378. The van der Waals surface area contributed by atoms with Crippen molar-refractivity contribution in [2.45, 2.75) is 18.9 Å². The molecule has 0 spiro atoms. The average Bonchev–Trinajstić information content (AvgIpc) is 2.29. The zero-order chi connectivity index (χ0) is 12.3. The molecule has 4 nitrogen and oxygen atoms in total. The van der Waals surface area contributed by atoms with Crippen molar-refractivity contribution in [1.82, 2.24) is 4.90 Å². The van der Waals surface area contributed by atoms with Gasteiger partial charge in [-0.2, -0.15) is 0 Å². The Morgan fingerprint density at radius 2 is 2.12 bits per heavy atom. The zero-order valence-corrected chi connectivity index (χ0v) is 9.40. The Labute approximate surface area is 99.0 Å². The van der Waals surface area contributed by atoms with Gasteiger partial charge in [0.25, 0.3) is 0 Å². The number of anilines is 1. The van der Waals surface area contributed by atoms with Crippen LogP contribution in [0.15, 0.2) is 24.3 Å². The first-order valence-corrected chi connectivity index (χ1v) is 5.65. The summed E-state index contributed by atoms with van der Waals surface area (Å²) in [6.07, 6.45) is 0.876. The lowest BCUT2D eigenvalue weighted by atomic mass is 10.1. The molecule has 1 aromatic carbocycles. The lowest BCUT2D eigenvalue weighted by Crippen LogP contribution is -2.42. The van der Waals surface area contributed by atoms with Gasteiger partial charge in [-0.3, -0.25) is 0 Å². The molecule has 1 heterocycles. The topological polar surface area (TPSA) is 52.6 Å². The number of carbonyl (C=O) groups excluding carboxylic acids is 1. The highest BCUT2D eigenvalue weighted by Gasteiger charge is 2.21. The highest BCUT2D eigenvalue weighted by Crippen LogP contribution is 2.13. The van der Waals surface area contributed by atoms with E-state index in [1.807, 2.05) is 0 Å². The van der Waals surface area contributed by atoms with E-state index < -0.39 is 0 Å². The fourth-order valence-electron chi connectivity index (χ4n) is 1.84. The molecule has 1 saturated heterocycles. The van der Waals surface area contributed by atoms with Crippen LogP contribution in [0.2, 0.25) is 0 Å². The van der Waals surface area contributed by atoms with Crippen LogP contribution in [0.5, 0.6) is 0 Å². The van der Waals surface area contributed by atoms with Crippen molar-refractivity contribution in [3.8, 4) is 0 Å². The van der Waals surface area contributed by atoms with Crippen LogP contribution >= 0.6 is 0 Å². The molecule has 92 valence electrons. The van der Waals surface area contributed by atoms with Crippen molar-refractivity contribution in [3.05, 3.63) is 30.1 Å². The summed E-state index contributed by atoms with van der Waals surface area (Å²) in [5, 5.41) is 12.0. The van der Waals surface area contributed by atoms with E-state index in [0.717, 1.165) is 0 Å². The molecular formula is C12H15FN2O2. The van der Waals surface area contributed by atoms with Gasteiger partial charge in [-0.15, -0.1) is 0 Å². The third-order valence-corrected chi connectivity index (χ3v) is 2.83. The first-order valence-electron chi connectivity index (χ1n) is 5.65. The number of aliphatic hydroxyl groups is 1. The van der Waals surface area contributed by atoms with E-state index in [2.05, 4.69) is 5.32 Å². The monoisotopic (exact) mass is 238 g/mol. The second-order valence-electron chi connectivity index (χ2n) is 4.16. The second-order valence-corrected chi connectivity index (χ2v) is 4.16. The van der Waals surface area contributed by atoms with Crippen molar-refractivity contribution in [1.29, 1.82) is 0 Å². The molecule has 1 aliphatic heterocycles. The van der Waals surface area contributed by atoms with Gasteiger partial charge < -0.3 is 15.3 Å². The van der Waals surface area contributed by atoms with Gasteiger partial charge in [-0.05, 0) is 31.0 Å². The molecule has 0 aliphatic carbocycles. The van der Waals surface area contributed by atoms with Gasteiger partial charge in [0.05, 0.1) is 6.10 Å². The number of halogens is 1. The molecule has 1 aliphatic rings. The van der Waals surface area contributed by atoms with Crippen LogP contribution in [-0.4, -0.2) is 35.2 Å². The molecule has 2 rings (SSSR count). The van der Waals surface area contributed by atoms with E-state index in [1.165, 1.54) is 12.1 Å². The summed E-state index contributed by atoms with van der Waals surface area (Å²) in [7, 11) is 0. The summed E-state index contributed by atoms with van der Waals surface area (Å²) in [6, 6.07) is 5.54. The van der Waals surface area contributed by atoms with Crippen molar-refractivity contribution >= 4 is 11.7 Å².